The predicted octanol–water partition coefficient (Wildman–Crippen LogP) is 2.53. The molecule has 2 amide bonds. The van der Waals surface area contributed by atoms with Crippen molar-refractivity contribution in [1.82, 2.24) is 29.3 Å². The second kappa shape index (κ2) is 9.87. The van der Waals surface area contributed by atoms with E-state index in [2.05, 4.69) is 32.8 Å². The fraction of sp³-hybridized carbons (Fsp3) is 0.385. The van der Waals surface area contributed by atoms with Crippen molar-refractivity contribution in [2.45, 2.75) is 32.4 Å². The van der Waals surface area contributed by atoms with E-state index in [0.29, 0.717) is 25.3 Å². The smallest absolute Gasteiger partial charge is 0.254 e. The molecule has 0 radical (unpaired) electrons. The molecule has 1 aliphatic heterocycles. The average molecular weight is 475 g/mol. The molecule has 2 aromatic carbocycles. The van der Waals surface area contributed by atoms with Crippen LogP contribution in [0.2, 0.25) is 0 Å². The molecule has 2 aromatic heterocycles. The Labute approximate surface area is 203 Å². The summed E-state index contributed by atoms with van der Waals surface area (Å²) in [6.07, 6.45) is 2.64. The zero-order chi connectivity index (χ0) is 24.4. The monoisotopic (exact) mass is 474 g/mol. The predicted molar refractivity (Wildman–Crippen MR) is 133 cm³/mol. The Kier molecular flexibility index (Phi) is 6.50. The summed E-state index contributed by atoms with van der Waals surface area (Å²) in [5.41, 5.74) is 4.45. The number of hydrogen-bond acceptors (Lipinski definition) is 5. The first-order chi connectivity index (χ1) is 17.0. The Hall–Kier alpha value is -3.72. The van der Waals surface area contributed by atoms with E-state index < -0.39 is 6.10 Å². The third-order valence-corrected chi connectivity index (χ3v) is 6.61. The van der Waals surface area contributed by atoms with Gasteiger partial charge in [0, 0.05) is 38.7 Å². The lowest BCUT2D eigenvalue weighted by Crippen LogP contribution is -2.51. The van der Waals surface area contributed by atoms with Gasteiger partial charge in [-0.3, -0.25) is 9.59 Å². The van der Waals surface area contributed by atoms with Crippen molar-refractivity contribution >= 4 is 33.9 Å². The van der Waals surface area contributed by atoms with E-state index in [1.165, 1.54) is 0 Å². The quantitative estimate of drug-likeness (QED) is 0.416. The van der Waals surface area contributed by atoms with Gasteiger partial charge in [-0.15, -0.1) is 0 Å². The molecular weight excluding hydrogens is 444 g/mol. The van der Waals surface area contributed by atoms with Crippen LogP contribution in [-0.2, 0) is 29.5 Å². The third-order valence-electron chi connectivity index (χ3n) is 6.61. The molecule has 9 heteroatoms. The van der Waals surface area contributed by atoms with Crippen LogP contribution in [0.3, 0.4) is 0 Å². The number of carbonyl (C=O) groups excluding carboxylic acids is 2. The number of hydrogen-bond donors (Lipinski definition) is 1. The highest BCUT2D eigenvalue weighted by molar-refractivity contribution is 5.98. The molecule has 0 bridgehead atoms. The molecule has 3 heterocycles. The number of benzene rings is 2. The van der Waals surface area contributed by atoms with Crippen LogP contribution in [0.25, 0.3) is 22.1 Å². The number of amides is 2. The number of carbonyl (C=O) groups is 2. The highest BCUT2D eigenvalue weighted by atomic mass is 16.5. The molecule has 0 spiro atoms. The molecule has 1 saturated heterocycles. The van der Waals surface area contributed by atoms with Gasteiger partial charge in [0.15, 0.2) is 6.10 Å². The summed E-state index contributed by atoms with van der Waals surface area (Å²) in [5, 5.41) is 2.96. The molecule has 0 saturated carbocycles. The molecule has 1 atom stereocenters. The number of aromatic nitrogens is 4. The normalized spacial score (nSPS) is 16.2. The van der Waals surface area contributed by atoms with Crippen molar-refractivity contribution in [3.63, 3.8) is 0 Å². The lowest BCUT2D eigenvalue weighted by atomic mass is 10.1. The number of para-hydroxylation sites is 2. The molecule has 1 unspecified atom stereocenters. The van der Waals surface area contributed by atoms with Gasteiger partial charge in [-0.25, -0.2) is 9.97 Å². The van der Waals surface area contributed by atoms with Gasteiger partial charge in [0.2, 0.25) is 0 Å². The van der Waals surface area contributed by atoms with Crippen LogP contribution >= 0.6 is 0 Å². The van der Waals surface area contributed by atoms with Crippen molar-refractivity contribution < 1.29 is 14.3 Å². The van der Waals surface area contributed by atoms with E-state index in [-0.39, 0.29) is 18.4 Å². The van der Waals surface area contributed by atoms with Crippen LogP contribution in [0.1, 0.15) is 29.5 Å². The zero-order valence-electron chi connectivity index (χ0n) is 20.1. The minimum absolute atomic E-state index is 0.110. The molecule has 182 valence electrons. The molecule has 9 nitrogen and oxygen atoms in total. The molecule has 4 aromatic rings. The Bertz CT molecular complexity index is 1370. The summed E-state index contributed by atoms with van der Waals surface area (Å²) in [7, 11) is 2.01. The Morgan fingerprint density at radius 2 is 2.00 bits per heavy atom. The van der Waals surface area contributed by atoms with Crippen molar-refractivity contribution in [1.29, 1.82) is 0 Å². The highest BCUT2D eigenvalue weighted by Gasteiger charge is 2.29. The molecule has 5 rings (SSSR count). The topological polar surface area (TPSA) is 94.3 Å². The number of aryl methyl sites for hydroxylation is 3. The highest BCUT2D eigenvalue weighted by Crippen LogP contribution is 2.18. The van der Waals surface area contributed by atoms with Gasteiger partial charge in [-0.2, -0.15) is 0 Å². The van der Waals surface area contributed by atoms with Gasteiger partial charge in [-0.1, -0.05) is 12.1 Å². The van der Waals surface area contributed by atoms with Gasteiger partial charge in [-0.05, 0) is 43.7 Å². The van der Waals surface area contributed by atoms with Crippen molar-refractivity contribution in [2.24, 2.45) is 7.05 Å². The summed E-state index contributed by atoms with van der Waals surface area (Å²) in [5.74, 6) is 0.692. The second-order valence-corrected chi connectivity index (χ2v) is 8.82. The molecule has 1 aliphatic rings. The van der Waals surface area contributed by atoms with E-state index in [1.54, 1.807) is 11.2 Å². The fourth-order valence-corrected chi connectivity index (χ4v) is 4.61. The maximum Gasteiger partial charge on any atom is 0.254 e. The van der Waals surface area contributed by atoms with E-state index >= 15 is 0 Å². The number of imidazole rings is 2. The van der Waals surface area contributed by atoms with Crippen LogP contribution < -0.4 is 5.32 Å². The maximum absolute atomic E-state index is 13.1. The lowest BCUT2D eigenvalue weighted by molar-refractivity contribution is -0.137. The summed E-state index contributed by atoms with van der Waals surface area (Å²) >= 11 is 0. The van der Waals surface area contributed by atoms with Crippen molar-refractivity contribution in [2.75, 3.05) is 26.2 Å². The molecule has 1 fully saturated rings. The molecule has 35 heavy (non-hydrogen) atoms. The van der Waals surface area contributed by atoms with Crippen LogP contribution in [0, 0.1) is 0 Å². The SMILES string of the molecule is CCn1cnc2cc(C(=O)N3CCOC(C(=O)NCCCc4nc5ccccc5n4C)C3)ccc21. The van der Waals surface area contributed by atoms with E-state index in [9.17, 15) is 9.59 Å². The minimum atomic E-state index is -0.675. The average Bonchev–Trinajstić information content (AvgIpc) is 3.46. The van der Waals surface area contributed by atoms with Gasteiger partial charge in [0.25, 0.3) is 11.8 Å². The van der Waals surface area contributed by atoms with E-state index in [4.69, 9.17) is 4.74 Å². The van der Waals surface area contributed by atoms with E-state index in [0.717, 1.165) is 47.3 Å². The summed E-state index contributed by atoms with van der Waals surface area (Å²) < 4.78 is 9.81. The van der Waals surface area contributed by atoms with Crippen LogP contribution in [0.4, 0.5) is 0 Å². The van der Waals surface area contributed by atoms with Gasteiger partial charge < -0.3 is 24.1 Å². The first-order valence-corrected chi connectivity index (χ1v) is 12.1. The molecule has 1 N–H and O–H groups in total. The second-order valence-electron chi connectivity index (χ2n) is 8.82. The summed E-state index contributed by atoms with van der Waals surface area (Å²) in [6, 6.07) is 13.6. The Balaban J connectivity index is 1.14. The third kappa shape index (κ3) is 4.64. The zero-order valence-corrected chi connectivity index (χ0v) is 20.1. The number of rotatable bonds is 7. The van der Waals surface area contributed by atoms with Crippen molar-refractivity contribution in [3.05, 3.63) is 60.2 Å². The molecule has 0 aliphatic carbocycles. The first kappa shape index (κ1) is 23.0. The van der Waals surface area contributed by atoms with E-state index in [1.807, 2.05) is 48.0 Å². The van der Waals surface area contributed by atoms with Crippen LogP contribution in [0.5, 0.6) is 0 Å². The van der Waals surface area contributed by atoms with Crippen LogP contribution in [-0.4, -0.2) is 68.2 Å². The largest absolute Gasteiger partial charge is 0.365 e. The summed E-state index contributed by atoms with van der Waals surface area (Å²) in [4.78, 5) is 36.6. The minimum Gasteiger partial charge on any atom is -0.365 e. The maximum atomic E-state index is 13.1. The number of ether oxygens (including phenoxy) is 1. The first-order valence-electron chi connectivity index (χ1n) is 12.1. The van der Waals surface area contributed by atoms with Gasteiger partial charge in [0.05, 0.1) is 41.5 Å². The Morgan fingerprint density at radius 3 is 2.83 bits per heavy atom. The van der Waals surface area contributed by atoms with Gasteiger partial charge >= 0.3 is 0 Å². The summed E-state index contributed by atoms with van der Waals surface area (Å²) in [6.45, 7) is 4.42. The number of morpholine rings is 1. The Morgan fingerprint density at radius 1 is 1.14 bits per heavy atom. The van der Waals surface area contributed by atoms with Gasteiger partial charge in [0.1, 0.15) is 5.82 Å². The number of fused-ring (bicyclic) bond motifs is 2. The molecular formula is C26H30N6O3. The number of nitrogens with zero attached hydrogens (tertiary/aromatic N) is 5. The lowest BCUT2D eigenvalue weighted by Gasteiger charge is -2.32. The fourth-order valence-electron chi connectivity index (χ4n) is 4.61. The van der Waals surface area contributed by atoms with Crippen LogP contribution in [0.15, 0.2) is 48.8 Å². The number of nitrogens with one attached hydrogen (secondary N) is 1. The van der Waals surface area contributed by atoms with Crippen molar-refractivity contribution in [3.8, 4) is 0 Å². The standard InChI is InChI=1S/C26H30N6O3/c1-3-31-17-28-20-15-18(10-11-22(20)31)26(34)32-13-14-35-23(16-32)25(33)27-12-6-9-24-29-19-7-4-5-8-21(19)30(24)2/h4-5,7-8,10-11,15,17,23H,3,6,9,12-14,16H2,1-2H3,(H,27,33).